The Hall–Kier alpha value is -3.49. The summed E-state index contributed by atoms with van der Waals surface area (Å²) in [4.78, 5) is 33.8. The van der Waals surface area contributed by atoms with Crippen molar-refractivity contribution < 1.29 is 37.4 Å². The maximum atomic E-state index is 12.1. The zero-order valence-corrected chi connectivity index (χ0v) is 15.3. The van der Waals surface area contributed by atoms with Crippen molar-refractivity contribution >= 4 is 18.2 Å². The fourth-order valence-electron chi connectivity index (χ4n) is 2.21. The second kappa shape index (κ2) is 11.4. The third kappa shape index (κ3) is 8.37. The van der Waals surface area contributed by atoms with E-state index in [0.717, 1.165) is 5.56 Å². The summed E-state index contributed by atoms with van der Waals surface area (Å²) in [6, 6.07) is 12.2. The van der Waals surface area contributed by atoms with Crippen molar-refractivity contribution in [3.8, 4) is 11.5 Å². The Morgan fingerprint density at radius 3 is 2.24 bits per heavy atom. The maximum absolute atomic E-state index is 12.1. The van der Waals surface area contributed by atoms with Gasteiger partial charge in [-0.3, -0.25) is 9.59 Å². The largest absolute Gasteiger partial charge is 0.482 e. The van der Waals surface area contributed by atoms with Gasteiger partial charge >= 0.3 is 12.6 Å². The van der Waals surface area contributed by atoms with E-state index in [-0.39, 0.29) is 18.9 Å². The molecular formula is C20H19F2NO6. The molecule has 0 spiro atoms. The predicted molar refractivity (Wildman–Crippen MR) is 98.1 cm³/mol. The van der Waals surface area contributed by atoms with Crippen LogP contribution in [0.3, 0.4) is 0 Å². The number of ether oxygens (including phenoxy) is 3. The number of hydrogen-bond acceptors (Lipinski definition) is 6. The smallest absolute Gasteiger partial charge is 0.387 e. The van der Waals surface area contributed by atoms with Crippen molar-refractivity contribution in [1.29, 1.82) is 0 Å². The van der Waals surface area contributed by atoms with Gasteiger partial charge in [0.1, 0.15) is 17.8 Å². The average Bonchev–Trinajstić information content (AvgIpc) is 2.72. The van der Waals surface area contributed by atoms with Crippen LogP contribution in [0, 0.1) is 0 Å². The Kier molecular flexibility index (Phi) is 8.55. The van der Waals surface area contributed by atoms with Crippen LogP contribution >= 0.6 is 0 Å². The third-order valence-corrected chi connectivity index (χ3v) is 3.62. The molecule has 0 aliphatic heterocycles. The molecule has 0 bridgehead atoms. The minimum Gasteiger partial charge on any atom is -0.482 e. The zero-order chi connectivity index (χ0) is 21.1. The number of nitrogens with one attached hydrogen (secondary N) is 1. The van der Waals surface area contributed by atoms with Gasteiger partial charge < -0.3 is 19.5 Å². The number of alkyl halides is 2. The summed E-state index contributed by atoms with van der Waals surface area (Å²) in [5.41, 5.74) is 1.30. The first-order valence-electron chi connectivity index (χ1n) is 8.60. The Bertz CT molecular complexity index is 809. The quantitative estimate of drug-likeness (QED) is 0.454. The molecule has 0 radical (unpaired) electrons. The molecule has 0 aliphatic carbocycles. The number of hydrogen-bond donors (Lipinski definition) is 1. The van der Waals surface area contributed by atoms with E-state index in [4.69, 9.17) is 9.47 Å². The average molecular weight is 407 g/mol. The zero-order valence-electron chi connectivity index (χ0n) is 15.3. The predicted octanol–water partition coefficient (Wildman–Crippen LogP) is 2.38. The monoisotopic (exact) mass is 407 g/mol. The molecular weight excluding hydrogens is 388 g/mol. The van der Waals surface area contributed by atoms with E-state index in [1.807, 2.05) is 0 Å². The second-order valence-corrected chi connectivity index (χ2v) is 5.76. The molecule has 0 saturated carbocycles. The fraction of sp³-hybridized carbons (Fsp3) is 0.250. The van der Waals surface area contributed by atoms with Gasteiger partial charge in [-0.2, -0.15) is 8.78 Å². The Labute approximate surface area is 165 Å². The molecule has 0 aromatic heterocycles. The lowest BCUT2D eigenvalue weighted by Gasteiger charge is -2.09. The van der Waals surface area contributed by atoms with Crippen LogP contribution < -0.4 is 14.8 Å². The van der Waals surface area contributed by atoms with Gasteiger partial charge in [-0.05, 0) is 48.4 Å². The number of carbonyl (C=O) groups excluding carboxylic acids is 3. The number of halogens is 2. The van der Waals surface area contributed by atoms with Crippen LogP contribution in [0.25, 0.3) is 0 Å². The van der Waals surface area contributed by atoms with Crippen molar-refractivity contribution in [2.75, 3.05) is 19.8 Å². The molecule has 0 saturated heterocycles. The number of carbonyl (C=O) groups is 3. The van der Waals surface area contributed by atoms with Gasteiger partial charge in [0, 0.05) is 12.1 Å². The highest BCUT2D eigenvalue weighted by atomic mass is 19.3. The molecule has 2 rings (SSSR count). The Morgan fingerprint density at radius 2 is 1.62 bits per heavy atom. The van der Waals surface area contributed by atoms with Crippen molar-refractivity contribution in [2.45, 2.75) is 13.0 Å². The van der Waals surface area contributed by atoms with Crippen LogP contribution in [0.4, 0.5) is 8.78 Å². The highest BCUT2D eigenvalue weighted by Gasteiger charge is 2.09. The van der Waals surface area contributed by atoms with Crippen molar-refractivity contribution in [2.24, 2.45) is 0 Å². The number of benzene rings is 2. The molecule has 154 valence electrons. The molecule has 9 heteroatoms. The lowest BCUT2D eigenvalue weighted by Crippen LogP contribution is -2.31. The molecule has 7 nitrogen and oxygen atoms in total. The highest BCUT2D eigenvalue weighted by Crippen LogP contribution is 2.15. The van der Waals surface area contributed by atoms with Crippen molar-refractivity contribution in [1.82, 2.24) is 5.32 Å². The van der Waals surface area contributed by atoms with Crippen molar-refractivity contribution in [3.05, 3.63) is 59.7 Å². The van der Waals surface area contributed by atoms with Crippen LogP contribution in [0.15, 0.2) is 48.5 Å². The number of aldehydes is 1. The van der Waals surface area contributed by atoms with Gasteiger partial charge in [0.15, 0.2) is 13.2 Å². The van der Waals surface area contributed by atoms with E-state index in [2.05, 4.69) is 10.1 Å². The van der Waals surface area contributed by atoms with Gasteiger partial charge in [-0.25, -0.2) is 4.79 Å². The van der Waals surface area contributed by atoms with E-state index in [1.165, 1.54) is 24.3 Å². The minimum absolute atomic E-state index is 0.0570. The Morgan fingerprint density at radius 1 is 0.966 bits per heavy atom. The number of esters is 1. The molecule has 0 fully saturated rings. The topological polar surface area (TPSA) is 90.9 Å². The molecule has 0 heterocycles. The number of amides is 1. The van der Waals surface area contributed by atoms with E-state index < -0.39 is 25.1 Å². The van der Waals surface area contributed by atoms with Crippen LogP contribution in [-0.4, -0.2) is 44.5 Å². The summed E-state index contributed by atoms with van der Waals surface area (Å²) in [6.45, 7) is -3.42. The maximum Gasteiger partial charge on any atom is 0.387 e. The lowest BCUT2D eigenvalue weighted by atomic mass is 10.1. The van der Waals surface area contributed by atoms with Crippen molar-refractivity contribution in [3.63, 3.8) is 0 Å². The van der Waals surface area contributed by atoms with Crippen LogP contribution in [0.5, 0.6) is 11.5 Å². The summed E-state index contributed by atoms with van der Waals surface area (Å²) in [5.74, 6) is -0.746. The van der Waals surface area contributed by atoms with E-state index in [9.17, 15) is 23.2 Å². The van der Waals surface area contributed by atoms with Gasteiger partial charge in [0.25, 0.3) is 5.91 Å². The van der Waals surface area contributed by atoms with Gasteiger partial charge in [0.05, 0.1) is 0 Å². The van der Waals surface area contributed by atoms with Crippen LogP contribution in [-0.2, 0) is 20.7 Å². The lowest BCUT2D eigenvalue weighted by molar-refractivity contribution is -0.150. The minimum atomic E-state index is -2.88. The van der Waals surface area contributed by atoms with E-state index in [0.29, 0.717) is 24.0 Å². The molecule has 2 aromatic rings. The first-order chi connectivity index (χ1) is 14.0. The Balaban J connectivity index is 1.61. The molecule has 0 atom stereocenters. The molecule has 0 unspecified atom stereocenters. The highest BCUT2D eigenvalue weighted by molar-refractivity contribution is 5.81. The first kappa shape index (κ1) is 21.8. The van der Waals surface area contributed by atoms with Gasteiger partial charge in [0.2, 0.25) is 0 Å². The molecule has 29 heavy (non-hydrogen) atoms. The number of rotatable bonds is 11. The van der Waals surface area contributed by atoms with Crippen LogP contribution in [0.1, 0.15) is 15.9 Å². The molecule has 0 aliphatic rings. The second-order valence-electron chi connectivity index (χ2n) is 5.76. The fourth-order valence-corrected chi connectivity index (χ4v) is 2.21. The summed E-state index contributed by atoms with van der Waals surface area (Å²) in [7, 11) is 0. The van der Waals surface area contributed by atoms with E-state index in [1.54, 1.807) is 24.3 Å². The molecule has 1 amide bonds. The normalized spacial score (nSPS) is 10.3. The van der Waals surface area contributed by atoms with Gasteiger partial charge in [-0.1, -0.05) is 12.1 Å². The first-order valence-corrected chi connectivity index (χ1v) is 8.60. The molecule has 2 aromatic carbocycles. The summed E-state index contributed by atoms with van der Waals surface area (Å²) in [6.07, 6.45) is 1.15. The van der Waals surface area contributed by atoms with Gasteiger partial charge in [-0.15, -0.1) is 0 Å². The standard InChI is InChI=1S/C20H19F2NO6/c21-20(22)29-17-7-1-14(2-8-17)9-10-23-18(25)12-28-19(26)13-27-16-5-3-15(11-24)4-6-16/h1-8,11,20H,9-10,12-13H2,(H,23,25). The van der Waals surface area contributed by atoms with E-state index >= 15 is 0 Å². The summed E-state index contributed by atoms with van der Waals surface area (Å²) < 4.78 is 38.4. The summed E-state index contributed by atoms with van der Waals surface area (Å²) in [5, 5.41) is 2.58. The third-order valence-electron chi connectivity index (χ3n) is 3.62. The SMILES string of the molecule is O=Cc1ccc(OCC(=O)OCC(=O)NCCc2ccc(OC(F)F)cc2)cc1. The summed E-state index contributed by atoms with van der Waals surface area (Å²) >= 11 is 0. The molecule has 1 N–H and O–H groups in total. The van der Waals surface area contributed by atoms with Crippen LogP contribution in [0.2, 0.25) is 0 Å².